The van der Waals surface area contributed by atoms with E-state index in [0.29, 0.717) is 13.2 Å². The highest BCUT2D eigenvalue weighted by Gasteiger charge is 2.11. The molecule has 0 saturated carbocycles. The van der Waals surface area contributed by atoms with Gasteiger partial charge in [-0.2, -0.15) is 0 Å². The lowest BCUT2D eigenvalue weighted by Gasteiger charge is -2.16. The van der Waals surface area contributed by atoms with Crippen LogP contribution < -0.4 is 10.5 Å². The lowest BCUT2D eigenvalue weighted by Crippen LogP contribution is -2.14. The molecule has 0 heterocycles. The maximum atomic E-state index is 6.17. The van der Waals surface area contributed by atoms with Gasteiger partial charge in [0.25, 0.3) is 0 Å². The first-order chi connectivity index (χ1) is 8.79. The summed E-state index contributed by atoms with van der Waals surface area (Å²) in [5, 5.41) is 0. The van der Waals surface area contributed by atoms with Crippen LogP contribution in [-0.4, -0.2) is 34.0 Å². The average molecular weight is 253 g/mol. The Morgan fingerprint density at radius 1 is 1.06 bits per heavy atom. The molecule has 4 heteroatoms. The van der Waals surface area contributed by atoms with Gasteiger partial charge in [-0.25, -0.2) is 0 Å². The second kappa shape index (κ2) is 8.91. The molecular formula is C14H23NO3. The minimum Gasteiger partial charge on any atom is -0.491 e. The molecule has 1 unspecified atom stereocenters. The van der Waals surface area contributed by atoms with E-state index in [1.165, 1.54) is 0 Å². The summed E-state index contributed by atoms with van der Waals surface area (Å²) in [7, 11) is 3.36. The summed E-state index contributed by atoms with van der Waals surface area (Å²) in [5.41, 5.74) is 7.22. The third-order valence-electron chi connectivity index (χ3n) is 2.73. The summed E-state index contributed by atoms with van der Waals surface area (Å²) in [6.07, 6.45) is 1.84. The van der Waals surface area contributed by atoms with E-state index in [9.17, 15) is 0 Å². The molecule has 0 aliphatic heterocycles. The van der Waals surface area contributed by atoms with Crippen LogP contribution in [0.5, 0.6) is 5.75 Å². The quantitative estimate of drug-likeness (QED) is 0.685. The highest BCUT2D eigenvalue weighted by atomic mass is 16.5. The number of hydrogen-bond acceptors (Lipinski definition) is 4. The first-order valence-electron chi connectivity index (χ1n) is 6.24. The second-order valence-corrected chi connectivity index (χ2v) is 4.12. The standard InChI is InChI=1S/C14H23NO3/c1-16-9-5-7-13(15)12-6-3-4-8-14(12)18-11-10-17-2/h3-4,6,8,13H,5,7,9-11,15H2,1-2H3. The van der Waals surface area contributed by atoms with Gasteiger partial charge in [0.1, 0.15) is 12.4 Å². The minimum atomic E-state index is -0.0149. The second-order valence-electron chi connectivity index (χ2n) is 4.12. The van der Waals surface area contributed by atoms with E-state index in [0.717, 1.165) is 30.8 Å². The Hall–Kier alpha value is -1.10. The van der Waals surface area contributed by atoms with Crippen molar-refractivity contribution in [3.8, 4) is 5.75 Å². The molecule has 102 valence electrons. The highest BCUT2D eigenvalue weighted by molar-refractivity contribution is 5.35. The molecule has 0 aromatic heterocycles. The SMILES string of the molecule is COCCCC(N)c1ccccc1OCCOC. The summed E-state index contributed by atoms with van der Waals surface area (Å²) in [4.78, 5) is 0. The van der Waals surface area contributed by atoms with Crippen LogP contribution in [0, 0.1) is 0 Å². The van der Waals surface area contributed by atoms with Gasteiger partial charge in [-0.15, -0.1) is 0 Å². The fourth-order valence-electron chi connectivity index (χ4n) is 1.76. The Morgan fingerprint density at radius 3 is 2.50 bits per heavy atom. The molecule has 0 aliphatic rings. The summed E-state index contributed by atoms with van der Waals surface area (Å²) in [6.45, 7) is 1.85. The first kappa shape index (κ1) is 15.0. The topological polar surface area (TPSA) is 53.7 Å². The van der Waals surface area contributed by atoms with Gasteiger partial charge in [-0.3, -0.25) is 0 Å². The molecule has 4 nitrogen and oxygen atoms in total. The molecule has 18 heavy (non-hydrogen) atoms. The van der Waals surface area contributed by atoms with Gasteiger partial charge in [-0.05, 0) is 18.9 Å². The van der Waals surface area contributed by atoms with Gasteiger partial charge in [-0.1, -0.05) is 18.2 Å². The van der Waals surface area contributed by atoms with Gasteiger partial charge in [0.05, 0.1) is 6.61 Å². The summed E-state index contributed by atoms with van der Waals surface area (Å²) in [5.74, 6) is 0.847. The Morgan fingerprint density at radius 2 is 1.78 bits per heavy atom. The lowest BCUT2D eigenvalue weighted by molar-refractivity contribution is 0.145. The predicted molar refractivity (Wildman–Crippen MR) is 71.9 cm³/mol. The van der Waals surface area contributed by atoms with E-state index in [4.69, 9.17) is 19.9 Å². The first-order valence-corrected chi connectivity index (χ1v) is 6.24. The number of ether oxygens (including phenoxy) is 3. The Balaban J connectivity index is 2.56. The highest BCUT2D eigenvalue weighted by Crippen LogP contribution is 2.26. The van der Waals surface area contributed by atoms with E-state index < -0.39 is 0 Å². The van der Waals surface area contributed by atoms with Gasteiger partial charge in [0, 0.05) is 32.4 Å². The fraction of sp³-hybridized carbons (Fsp3) is 0.571. The smallest absolute Gasteiger partial charge is 0.124 e. The van der Waals surface area contributed by atoms with Gasteiger partial charge in [0.2, 0.25) is 0 Å². The molecule has 1 rings (SSSR count). The molecule has 2 N–H and O–H groups in total. The van der Waals surface area contributed by atoms with Crippen molar-refractivity contribution in [1.29, 1.82) is 0 Å². The molecule has 0 spiro atoms. The van der Waals surface area contributed by atoms with E-state index in [-0.39, 0.29) is 6.04 Å². The molecule has 1 aromatic carbocycles. The molecular weight excluding hydrogens is 230 g/mol. The van der Waals surface area contributed by atoms with Crippen LogP contribution >= 0.6 is 0 Å². The van der Waals surface area contributed by atoms with Crippen molar-refractivity contribution in [2.45, 2.75) is 18.9 Å². The van der Waals surface area contributed by atoms with E-state index in [1.54, 1.807) is 14.2 Å². The van der Waals surface area contributed by atoms with Crippen molar-refractivity contribution in [2.75, 3.05) is 34.0 Å². The normalized spacial score (nSPS) is 12.4. The van der Waals surface area contributed by atoms with Crippen molar-refractivity contribution in [2.24, 2.45) is 5.73 Å². The van der Waals surface area contributed by atoms with E-state index >= 15 is 0 Å². The van der Waals surface area contributed by atoms with E-state index in [2.05, 4.69) is 0 Å². The summed E-state index contributed by atoms with van der Waals surface area (Å²) in [6, 6.07) is 7.88. The molecule has 0 amide bonds. The molecule has 0 aliphatic carbocycles. The Labute approximate surface area is 109 Å². The largest absolute Gasteiger partial charge is 0.491 e. The predicted octanol–water partition coefficient (Wildman–Crippen LogP) is 2.14. The lowest BCUT2D eigenvalue weighted by atomic mass is 10.0. The molecule has 1 atom stereocenters. The number of para-hydroxylation sites is 1. The van der Waals surface area contributed by atoms with Crippen molar-refractivity contribution in [1.82, 2.24) is 0 Å². The van der Waals surface area contributed by atoms with Crippen molar-refractivity contribution in [3.05, 3.63) is 29.8 Å². The number of methoxy groups -OCH3 is 2. The van der Waals surface area contributed by atoms with Crippen molar-refractivity contribution < 1.29 is 14.2 Å². The Bertz CT molecular complexity index is 331. The van der Waals surface area contributed by atoms with Crippen LogP contribution in [-0.2, 0) is 9.47 Å². The average Bonchev–Trinajstić information content (AvgIpc) is 2.40. The minimum absolute atomic E-state index is 0.0149. The zero-order chi connectivity index (χ0) is 13.2. The monoisotopic (exact) mass is 253 g/mol. The maximum absolute atomic E-state index is 6.17. The van der Waals surface area contributed by atoms with Crippen LogP contribution in [0.3, 0.4) is 0 Å². The van der Waals surface area contributed by atoms with Crippen LogP contribution in [0.2, 0.25) is 0 Å². The maximum Gasteiger partial charge on any atom is 0.124 e. The summed E-state index contributed by atoms with van der Waals surface area (Å²) >= 11 is 0. The van der Waals surface area contributed by atoms with Crippen molar-refractivity contribution in [3.63, 3.8) is 0 Å². The van der Waals surface area contributed by atoms with Crippen LogP contribution in [0.1, 0.15) is 24.4 Å². The third-order valence-corrected chi connectivity index (χ3v) is 2.73. The van der Waals surface area contributed by atoms with Gasteiger partial charge < -0.3 is 19.9 Å². The van der Waals surface area contributed by atoms with E-state index in [1.807, 2.05) is 24.3 Å². The number of nitrogens with two attached hydrogens (primary N) is 1. The Kier molecular flexibility index (Phi) is 7.41. The fourth-order valence-corrected chi connectivity index (χ4v) is 1.76. The van der Waals surface area contributed by atoms with Gasteiger partial charge in [0.15, 0.2) is 0 Å². The molecule has 0 radical (unpaired) electrons. The molecule has 0 saturated heterocycles. The van der Waals surface area contributed by atoms with Crippen molar-refractivity contribution >= 4 is 0 Å². The number of benzene rings is 1. The zero-order valence-electron chi connectivity index (χ0n) is 11.2. The van der Waals surface area contributed by atoms with Crippen LogP contribution in [0.15, 0.2) is 24.3 Å². The zero-order valence-corrected chi connectivity index (χ0v) is 11.2. The third kappa shape index (κ3) is 5.04. The van der Waals surface area contributed by atoms with Crippen LogP contribution in [0.25, 0.3) is 0 Å². The number of hydrogen-bond donors (Lipinski definition) is 1. The van der Waals surface area contributed by atoms with Crippen LogP contribution in [0.4, 0.5) is 0 Å². The molecule has 0 bridgehead atoms. The molecule has 0 fully saturated rings. The molecule has 1 aromatic rings. The van der Waals surface area contributed by atoms with Gasteiger partial charge >= 0.3 is 0 Å². The summed E-state index contributed by atoms with van der Waals surface area (Å²) < 4.78 is 15.7. The number of rotatable bonds is 9.